The molecule has 1 aromatic carbocycles. The van der Waals surface area contributed by atoms with Crippen molar-refractivity contribution >= 4 is 5.91 Å². The standard InChI is InChI=1S/C15H22N2O/c1-11-5-3-6-14(12(11)2)15(18)17-10-4-9-16-13-7-8-13/h3,5-6,13,16H,4,7-10H2,1-2H3,(H,17,18). The molecule has 0 atom stereocenters. The van der Waals surface area contributed by atoms with Gasteiger partial charge in [-0.3, -0.25) is 4.79 Å². The third-order valence-corrected chi connectivity index (χ3v) is 3.50. The number of aryl methyl sites for hydroxylation is 1. The summed E-state index contributed by atoms with van der Waals surface area (Å²) in [6, 6.07) is 6.61. The fraction of sp³-hybridized carbons (Fsp3) is 0.533. The lowest BCUT2D eigenvalue weighted by molar-refractivity contribution is 0.0952. The van der Waals surface area contributed by atoms with Crippen LogP contribution in [0.3, 0.4) is 0 Å². The first-order chi connectivity index (χ1) is 8.68. The molecule has 0 saturated heterocycles. The maximum absolute atomic E-state index is 12.0. The van der Waals surface area contributed by atoms with Crippen LogP contribution >= 0.6 is 0 Å². The van der Waals surface area contributed by atoms with E-state index in [0.717, 1.165) is 42.2 Å². The maximum Gasteiger partial charge on any atom is 0.251 e. The summed E-state index contributed by atoms with van der Waals surface area (Å²) < 4.78 is 0. The Bertz CT molecular complexity index is 425. The van der Waals surface area contributed by atoms with E-state index in [-0.39, 0.29) is 5.91 Å². The van der Waals surface area contributed by atoms with Gasteiger partial charge < -0.3 is 10.6 Å². The summed E-state index contributed by atoms with van der Waals surface area (Å²) in [7, 11) is 0. The second-order valence-electron chi connectivity index (χ2n) is 5.09. The number of nitrogens with one attached hydrogen (secondary N) is 2. The van der Waals surface area contributed by atoms with Crippen LogP contribution in [0.15, 0.2) is 18.2 Å². The van der Waals surface area contributed by atoms with Gasteiger partial charge in [0.1, 0.15) is 0 Å². The number of benzene rings is 1. The number of carbonyl (C=O) groups is 1. The van der Waals surface area contributed by atoms with E-state index >= 15 is 0 Å². The molecule has 1 amide bonds. The Hall–Kier alpha value is -1.35. The lowest BCUT2D eigenvalue weighted by Crippen LogP contribution is -2.28. The van der Waals surface area contributed by atoms with Crippen molar-refractivity contribution in [1.82, 2.24) is 10.6 Å². The first-order valence-corrected chi connectivity index (χ1v) is 6.76. The van der Waals surface area contributed by atoms with Gasteiger partial charge in [-0.1, -0.05) is 12.1 Å². The Kier molecular flexibility index (Phi) is 4.37. The van der Waals surface area contributed by atoms with Crippen molar-refractivity contribution < 1.29 is 4.79 Å². The molecule has 18 heavy (non-hydrogen) atoms. The van der Waals surface area contributed by atoms with E-state index in [4.69, 9.17) is 0 Å². The van der Waals surface area contributed by atoms with Crippen molar-refractivity contribution in [3.05, 3.63) is 34.9 Å². The highest BCUT2D eigenvalue weighted by Gasteiger charge is 2.19. The zero-order valence-electron chi connectivity index (χ0n) is 11.3. The fourth-order valence-electron chi connectivity index (χ4n) is 1.98. The van der Waals surface area contributed by atoms with Gasteiger partial charge in [-0.2, -0.15) is 0 Å². The number of carbonyl (C=O) groups excluding carboxylic acids is 1. The summed E-state index contributed by atoms with van der Waals surface area (Å²) >= 11 is 0. The van der Waals surface area contributed by atoms with Crippen molar-refractivity contribution in [3.8, 4) is 0 Å². The highest BCUT2D eigenvalue weighted by molar-refractivity contribution is 5.95. The Labute approximate surface area is 109 Å². The molecule has 0 bridgehead atoms. The number of hydrogen-bond acceptors (Lipinski definition) is 2. The third kappa shape index (κ3) is 3.57. The first kappa shape index (κ1) is 13.1. The van der Waals surface area contributed by atoms with Crippen molar-refractivity contribution in [2.75, 3.05) is 13.1 Å². The van der Waals surface area contributed by atoms with Crippen molar-refractivity contribution in [2.24, 2.45) is 0 Å². The highest BCUT2D eigenvalue weighted by Crippen LogP contribution is 2.18. The van der Waals surface area contributed by atoms with E-state index in [2.05, 4.69) is 10.6 Å². The average Bonchev–Trinajstić information content (AvgIpc) is 3.16. The van der Waals surface area contributed by atoms with Crippen LogP contribution in [0.25, 0.3) is 0 Å². The Morgan fingerprint density at radius 3 is 2.78 bits per heavy atom. The molecular formula is C15H22N2O. The molecule has 98 valence electrons. The van der Waals surface area contributed by atoms with Gasteiger partial charge in [0, 0.05) is 18.2 Å². The number of hydrogen-bond donors (Lipinski definition) is 2. The van der Waals surface area contributed by atoms with E-state index in [0.29, 0.717) is 0 Å². The molecule has 0 aromatic heterocycles. The van der Waals surface area contributed by atoms with Gasteiger partial charge in [0.2, 0.25) is 0 Å². The predicted molar refractivity (Wildman–Crippen MR) is 73.9 cm³/mol. The lowest BCUT2D eigenvalue weighted by Gasteiger charge is -2.09. The summed E-state index contributed by atoms with van der Waals surface area (Å²) in [5, 5.41) is 6.42. The van der Waals surface area contributed by atoms with Crippen LogP contribution in [-0.4, -0.2) is 25.0 Å². The molecule has 0 radical (unpaired) electrons. The minimum Gasteiger partial charge on any atom is -0.352 e. The molecule has 1 saturated carbocycles. The molecule has 0 aliphatic heterocycles. The molecule has 3 heteroatoms. The maximum atomic E-state index is 12.0. The molecule has 2 N–H and O–H groups in total. The second-order valence-corrected chi connectivity index (χ2v) is 5.09. The molecule has 1 fully saturated rings. The molecule has 1 aliphatic carbocycles. The summed E-state index contributed by atoms with van der Waals surface area (Å²) in [4.78, 5) is 12.0. The average molecular weight is 246 g/mol. The van der Waals surface area contributed by atoms with Gasteiger partial charge in [0.25, 0.3) is 5.91 Å². The van der Waals surface area contributed by atoms with Crippen LogP contribution in [0.4, 0.5) is 0 Å². The third-order valence-electron chi connectivity index (χ3n) is 3.50. The smallest absolute Gasteiger partial charge is 0.251 e. The first-order valence-electron chi connectivity index (χ1n) is 6.76. The molecular weight excluding hydrogens is 224 g/mol. The minimum absolute atomic E-state index is 0.0441. The fourth-order valence-corrected chi connectivity index (χ4v) is 1.98. The summed E-state index contributed by atoms with van der Waals surface area (Å²) in [5.41, 5.74) is 3.04. The van der Waals surface area contributed by atoms with E-state index in [1.54, 1.807) is 0 Å². The molecule has 0 spiro atoms. The largest absolute Gasteiger partial charge is 0.352 e. The van der Waals surface area contributed by atoms with Gasteiger partial charge in [0.05, 0.1) is 0 Å². The van der Waals surface area contributed by atoms with E-state index in [1.807, 2.05) is 32.0 Å². The normalized spacial score (nSPS) is 14.6. The van der Waals surface area contributed by atoms with Crippen LogP contribution < -0.4 is 10.6 Å². The monoisotopic (exact) mass is 246 g/mol. The van der Waals surface area contributed by atoms with E-state index in [9.17, 15) is 4.79 Å². The van der Waals surface area contributed by atoms with Crippen LogP contribution in [0.2, 0.25) is 0 Å². The predicted octanol–water partition coefficient (Wildman–Crippen LogP) is 2.18. The summed E-state index contributed by atoms with van der Waals surface area (Å²) in [6.45, 7) is 5.77. The molecule has 3 nitrogen and oxygen atoms in total. The van der Waals surface area contributed by atoms with Crippen LogP contribution in [0.5, 0.6) is 0 Å². The zero-order valence-corrected chi connectivity index (χ0v) is 11.3. The highest BCUT2D eigenvalue weighted by atomic mass is 16.1. The van der Waals surface area contributed by atoms with Gasteiger partial charge >= 0.3 is 0 Å². The van der Waals surface area contributed by atoms with Gasteiger partial charge in [-0.05, 0) is 56.8 Å². The van der Waals surface area contributed by atoms with Crippen molar-refractivity contribution in [2.45, 2.75) is 39.2 Å². The zero-order chi connectivity index (χ0) is 13.0. The van der Waals surface area contributed by atoms with Crippen LogP contribution in [0, 0.1) is 13.8 Å². The summed E-state index contributed by atoms with van der Waals surface area (Å²) in [5.74, 6) is 0.0441. The summed E-state index contributed by atoms with van der Waals surface area (Å²) in [6.07, 6.45) is 3.62. The molecule has 0 unspecified atom stereocenters. The Morgan fingerprint density at radius 2 is 2.06 bits per heavy atom. The van der Waals surface area contributed by atoms with Crippen LogP contribution in [-0.2, 0) is 0 Å². The molecule has 0 heterocycles. The van der Waals surface area contributed by atoms with Crippen molar-refractivity contribution in [1.29, 1.82) is 0 Å². The molecule has 1 aliphatic rings. The Balaban J connectivity index is 1.74. The number of rotatable bonds is 6. The van der Waals surface area contributed by atoms with E-state index in [1.165, 1.54) is 12.8 Å². The Morgan fingerprint density at radius 1 is 1.28 bits per heavy atom. The second kappa shape index (κ2) is 6.01. The molecule has 1 aromatic rings. The quantitative estimate of drug-likeness (QED) is 0.755. The lowest BCUT2D eigenvalue weighted by atomic mass is 10.0. The molecule has 2 rings (SSSR count). The number of amides is 1. The van der Waals surface area contributed by atoms with Crippen LogP contribution in [0.1, 0.15) is 40.7 Å². The SMILES string of the molecule is Cc1cccc(C(=O)NCCCNC2CC2)c1C. The van der Waals surface area contributed by atoms with Gasteiger partial charge in [-0.15, -0.1) is 0 Å². The van der Waals surface area contributed by atoms with E-state index < -0.39 is 0 Å². The van der Waals surface area contributed by atoms with Crippen molar-refractivity contribution in [3.63, 3.8) is 0 Å². The topological polar surface area (TPSA) is 41.1 Å². The van der Waals surface area contributed by atoms with Gasteiger partial charge in [-0.25, -0.2) is 0 Å². The van der Waals surface area contributed by atoms with Gasteiger partial charge in [0.15, 0.2) is 0 Å². The minimum atomic E-state index is 0.0441.